The van der Waals surface area contributed by atoms with Gasteiger partial charge in [0.15, 0.2) is 0 Å². The van der Waals surface area contributed by atoms with Gasteiger partial charge in [-0.3, -0.25) is 9.00 Å². The smallest absolute Gasteiger partial charge is 0.220 e. The first-order valence-corrected chi connectivity index (χ1v) is 8.92. The average Bonchev–Trinajstić information content (AvgIpc) is 2.39. The number of hydrogen-bond acceptors (Lipinski definition) is 3. The summed E-state index contributed by atoms with van der Waals surface area (Å²) in [4.78, 5) is 11.8. The summed E-state index contributed by atoms with van der Waals surface area (Å²) in [5, 5.41) is 6.49. The van der Waals surface area contributed by atoms with E-state index in [4.69, 9.17) is 0 Å². The molecule has 112 valence electrons. The highest BCUT2D eigenvalue weighted by atomic mass is 32.2. The minimum Gasteiger partial charge on any atom is -0.356 e. The molecule has 1 rings (SSSR count). The van der Waals surface area contributed by atoms with Crippen molar-refractivity contribution in [3.63, 3.8) is 0 Å². The van der Waals surface area contributed by atoms with Gasteiger partial charge in [0.25, 0.3) is 0 Å². The number of amides is 1. The summed E-state index contributed by atoms with van der Waals surface area (Å²) in [6.45, 7) is 6.91. The van der Waals surface area contributed by atoms with E-state index in [2.05, 4.69) is 17.6 Å². The summed E-state index contributed by atoms with van der Waals surface area (Å²) in [6, 6.07) is 0. The molecule has 2 N–H and O–H groups in total. The van der Waals surface area contributed by atoms with Crippen molar-refractivity contribution >= 4 is 16.7 Å². The molecular formula is C14H28N2O2S. The van der Waals surface area contributed by atoms with Crippen LogP contribution in [0, 0.1) is 11.8 Å². The highest BCUT2D eigenvalue weighted by Crippen LogP contribution is 2.22. The zero-order valence-corrected chi connectivity index (χ0v) is 13.2. The molecule has 0 spiro atoms. The van der Waals surface area contributed by atoms with E-state index in [1.165, 1.54) is 12.8 Å². The number of piperidine rings is 1. The molecular weight excluding hydrogens is 260 g/mol. The Hall–Kier alpha value is -0.420. The molecule has 0 aromatic carbocycles. The van der Waals surface area contributed by atoms with E-state index in [1.807, 2.05) is 6.92 Å². The Labute approximate surface area is 119 Å². The van der Waals surface area contributed by atoms with Crippen molar-refractivity contribution in [2.24, 2.45) is 11.8 Å². The van der Waals surface area contributed by atoms with Gasteiger partial charge in [0.05, 0.1) is 0 Å². The molecule has 1 heterocycles. The van der Waals surface area contributed by atoms with Crippen molar-refractivity contribution in [1.82, 2.24) is 10.6 Å². The molecule has 0 radical (unpaired) electrons. The summed E-state index contributed by atoms with van der Waals surface area (Å²) in [5.74, 6) is 1.19. The van der Waals surface area contributed by atoms with Gasteiger partial charge in [0, 0.05) is 35.3 Å². The minimum atomic E-state index is -0.799. The summed E-state index contributed by atoms with van der Waals surface area (Å²) < 4.78 is 11.2. The number of nitrogens with one attached hydrogen (secondary N) is 2. The highest BCUT2D eigenvalue weighted by molar-refractivity contribution is 7.84. The maximum absolute atomic E-state index is 11.8. The maximum Gasteiger partial charge on any atom is 0.220 e. The molecule has 1 aliphatic rings. The summed E-state index contributed by atoms with van der Waals surface area (Å²) in [6.07, 6.45) is 5.55. The Balaban J connectivity index is 2.17. The van der Waals surface area contributed by atoms with E-state index in [-0.39, 0.29) is 11.2 Å². The van der Waals surface area contributed by atoms with E-state index in [9.17, 15) is 9.00 Å². The molecule has 1 fully saturated rings. The first-order chi connectivity index (χ1) is 9.00. The van der Waals surface area contributed by atoms with E-state index >= 15 is 0 Å². The Morgan fingerprint density at radius 2 is 2.21 bits per heavy atom. The van der Waals surface area contributed by atoms with Crippen molar-refractivity contribution in [1.29, 1.82) is 0 Å². The van der Waals surface area contributed by atoms with Gasteiger partial charge in [-0.2, -0.15) is 0 Å². The molecule has 1 aliphatic heterocycles. The predicted octanol–water partition coefficient (Wildman–Crippen LogP) is 1.29. The van der Waals surface area contributed by atoms with Crippen LogP contribution in [0.2, 0.25) is 0 Å². The molecule has 0 saturated carbocycles. The SMILES string of the molecule is CC(CC(=O)NCCC(C)S(C)=O)C1CCCNC1. The zero-order chi connectivity index (χ0) is 14.3. The van der Waals surface area contributed by atoms with Gasteiger partial charge in [-0.1, -0.05) is 13.8 Å². The largest absolute Gasteiger partial charge is 0.356 e. The van der Waals surface area contributed by atoms with Gasteiger partial charge in [-0.25, -0.2) is 0 Å². The minimum absolute atomic E-state index is 0.132. The van der Waals surface area contributed by atoms with Crippen LogP contribution >= 0.6 is 0 Å². The lowest BCUT2D eigenvalue weighted by Gasteiger charge is -2.28. The monoisotopic (exact) mass is 288 g/mol. The Kier molecular flexibility index (Phi) is 7.61. The molecule has 5 heteroatoms. The van der Waals surface area contributed by atoms with E-state index in [0.29, 0.717) is 24.8 Å². The van der Waals surface area contributed by atoms with Crippen LogP contribution in [0.5, 0.6) is 0 Å². The van der Waals surface area contributed by atoms with Gasteiger partial charge in [-0.15, -0.1) is 0 Å². The van der Waals surface area contributed by atoms with Crippen LogP contribution in [0.4, 0.5) is 0 Å². The molecule has 1 amide bonds. The van der Waals surface area contributed by atoms with Gasteiger partial charge in [0.1, 0.15) is 0 Å². The molecule has 1 saturated heterocycles. The van der Waals surface area contributed by atoms with Crippen LogP contribution in [0.3, 0.4) is 0 Å². The van der Waals surface area contributed by atoms with Crippen molar-refractivity contribution in [2.45, 2.75) is 44.8 Å². The van der Waals surface area contributed by atoms with Gasteiger partial charge >= 0.3 is 0 Å². The van der Waals surface area contributed by atoms with E-state index in [1.54, 1.807) is 6.26 Å². The van der Waals surface area contributed by atoms with Crippen LogP contribution in [-0.4, -0.2) is 41.3 Å². The fourth-order valence-corrected chi connectivity index (χ4v) is 2.93. The Bertz CT molecular complexity index is 304. The summed E-state index contributed by atoms with van der Waals surface area (Å²) >= 11 is 0. The number of rotatable bonds is 7. The molecule has 0 bridgehead atoms. The third kappa shape index (κ3) is 6.52. The number of hydrogen-bond donors (Lipinski definition) is 2. The molecule has 0 aromatic rings. The molecule has 4 nitrogen and oxygen atoms in total. The highest BCUT2D eigenvalue weighted by Gasteiger charge is 2.21. The fraction of sp³-hybridized carbons (Fsp3) is 0.929. The summed E-state index contributed by atoms with van der Waals surface area (Å²) in [7, 11) is -0.799. The lowest BCUT2D eigenvalue weighted by atomic mass is 9.85. The molecule has 0 aliphatic carbocycles. The van der Waals surface area contributed by atoms with E-state index in [0.717, 1.165) is 19.5 Å². The van der Waals surface area contributed by atoms with Gasteiger partial charge in [0.2, 0.25) is 5.91 Å². The summed E-state index contributed by atoms with van der Waals surface area (Å²) in [5.41, 5.74) is 0. The lowest BCUT2D eigenvalue weighted by Crippen LogP contribution is -2.36. The Morgan fingerprint density at radius 1 is 1.47 bits per heavy atom. The number of carbonyl (C=O) groups is 1. The molecule has 0 aromatic heterocycles. The van der Waals surface area contributed by atoms with Crippen molar-refractivity contribution in [2.75, 3.05) is 25.9 Å². The quantitative estimate of drug-likeness (QED) is 0.742. The van der Waals surface area contributed by atoms with Gasteiger partial charge in [-0.05, 0) is 44.2 Å². The Morgan fingerprint density at radius 3 is 2.79 bits per heavy atom. The van der Waals surface area contributed by atoms with Crippen LogP contribution in [-0.2, 0) is 15.6 Å². The van der Waals surface area contributed by atoms with Crippen LogP contribution < -0.4 is 10.6 Å². The van der Waals surface area contributed by atoms with Crippen LogP contribution in [0.25, 0.3) is 0 Å². The van der Waals surface area contributed by atoms with Crippen LogP contribution in [0.15, 0.2) is 0 Å². The average molecular weight is 288 g/mol. The standard InChI is InChI=1S/C14H28N2O2S/c1-11(13-5-4-7-15-10-13)9-14(17)16-8-6-12(2)19(3)18/h11-13,15H,4-10H2,1-3H3,(H,16,17). The molecule has 4 atom stereocenters. The van der Waals surface area contributed by atoms with Crippen molar-refractivity contribution < 1.29 is 9.00 Å². The second kappa shape index (κ2) is 8.69. The topological polar surface area (TPSA) is 58.2 Å². The molecule has 19 heavy (non-hydrogen) atoms. The third-order valence-electron chi connectivity index (χ3n) is 4.09. The van der Waals surface area contributed by atoms with Crippen molar-refractivity contribution in [3.05, 3.63) is 0 Å². The van der Waals surface area contributed by atoms with Gasteiger partial charge < -0.3 is 10.6 Å². The second-order valence-corrected chi connectivity index (χ2v) is 7.54. The fourth-order valence-electron chi connectivity index (χ4n) is 2.48. The number of carbonyl (C=O) groups excluding carboxylic acids is 1. The second-order valence-electron chi connectivity index (χ2n) is 5.74. The van der Waals surface area contributed by atoms with E-state index < -0.39 is 10.8 Å². The van der Waals surface area contributed by atoms with Crippen molar-refractivity contribution in [3.8, 4) is 0 Å². The third-order valence-corrected chi connectivity index (χ3v) is 5.46. The van der Waals surface area contributed by atoms with Crippen LogP contribution in [0.1, 0.15) is 39.5 Å². The normalized spacial score (nSPS) is 24.5. The zero-order valence-electron chi connectivity index (χ0n) is 12.4. The predicted molar refractivity (Wildman–Crippen MR) is 80.5 cm³/mol. The first kappa shape index (κ1) is 16.6. The first-order valence-electron chi connectivity index (χ1n) is 7.30. The maximum atomic E-state index is 11.8. The lowest BCUT2D eigenvalue weighted by molar-refractivity contribution is -0.122. The molecule has 4 unspecified atom stereocenters.